The molecule has 1 amide bonds. The molecule has 208 valence electrons. The van der Waals surface area contributed by atoms with Crippen molar-refractivity contribution in [3.8, 4) is 11.6 Å². The molecule has 10 nitrogen and oxygen atoms in total. The number of anilines is 4. The molecule has 0 unspecified atom stereocenters. The van der Waals surface area contributed by atoms with Crippen molar-refractivity contribution in [2.24, 2.45) is 0 Å². The van der Waals surface area contributed by atoms with Gasteiger partial charge in [-0.15, -0.1) is 0 Å². The Kier molecular flexibility index (Phi) is 7.94. The molecule has 3 N–H and O–H groups in total. The zero-order valence-corrected chi connectivity index (χ0v) is 22.9. The molecule has 1 aliphatic rings. The number of carbonyl (C=O) groups is 1. The van der Waals surface area contributed by atoms with Gasteiger partial charge in [0.05, 0.1) is 11.1 Å². The highest BCUT2D eigenvalue weighted by Gasteiger charge is 2.19. The molecule has 1 aliphatic heterocycles. The number of benzene rings is 2. The van der Waals surface area contributed by atoms with Crippen LogP contribution in [0.1, 0.15) is 5.56 Å². The van der Waals surface area contributed by atoms with E-state index >= 15 is 4.39 Å². The number of fused-ring (bicyclic) bond motifs is 1. The van der Waals surface area contributed by atoms with Crippen LogP contribution in [0.15, 0.2) is 61.3 Å². The zero-order valence-electron chi connectivity index (χ0n) is 22.9. The molecular formula is C29H33FN8O2. The summed E-state index contributed by atoms with van der Waals surface area (Å²) >= 11 is 0. The van der Waals surface area contributed by atoms with Crippen LogP contribution >= 0.6 is 0 Å². The van der Waals surface area contributed by atoms with E-state index < -0.39 is 0 Å². The Morgan fingerprint density at radius 2 is 1.95 bits per heavy atom. The van der Waals surface area contributed by atoms with Gasteiger partial charge >= 0.3 is 0 Å². The van der Waals surface area contributed by atoms with Gasteiger partial charge in [-0.3, -0.25) is 4.79 Å². The van der Waals surface area contributed by atoms with Crippen molar-refractivity contribution in [1.29, 1.82) is 0 Å². The first-order valence-electron chi connectivity index (χ1n) is 13.0. The first-order chi connectivity index (χ1) is 19.3. The highest BCUT2D eigenvalue weighted by Crippen LogP contribution is 2.33. The molecule has 2 aromatic heterocycles. The monoisotopic (exact) mass is 544 g/mol. The van der Waals surface area contributed by atoms with E-state index in [1.54, 1.807) is 30.3 Å². The van der Waals surface area contributed by atoms with Crippen molar-refractivity contribution >= 4 is 40.0 Å². The Balaban J connectivity index is 1.45. The van der Waals surface area contributed by atoms with E-state index in [0.29, 0.717) is 40.9 Å². The predicted octanol–water partition coefficient (Wildman–Crippen LogP) is 4.57. The van der Waals surface area contributed by atoms with Gasteiger partial charge in [-0.2, -0.15) is 9.97 Å². The molecule has 0 aliphatic carbocycles. The number of aromatic nitrogens is 3. The minimum Gasteiger partial charge on any atom is -0.438 e. The van der Waals surface area contributed by atoms with E-state index in [1.165, 1.54) is 12.1 Å². The van der Waals surface area contributed by atoms with Gasteiger partial charge in [-0.25, -0.2) is 4.39 Å². The fourth-order valence-electron chi connectivity index (χ4n) is 4.62. The van der Waals surface area contributed by atoms with Crippen molar-refractivity contribution < 1.29 is 13.9 Å². The van der Waals surface area contributed by atoms with Gasteiger partial charge in [0.2, 0.25) is 17.7 Å². The Morgan fingerprint density at radius 1 is 1.15 bits per heavy atom. The van der Waals surface area contributed by atoms with Crippen LogP contribution in [0, 0.1) is 5.82 Å². The number of rotatable bonds is 9. The first-order valence-corrected chi connectivity index (χ1v) is 13.0. The van der Waals surface area contributed by atoms with Crippen molar-refractivity contribution in [1.82, 2.24) is 24.8 Å². The average molecular weight is 545 g/mol. The number of nitrogens with one attached hydrogen (secondary N) is 3. The number of hydrogen-bond acceptors (Lipinski definition) is 8. The molecule has 1 saturated heterocycles. The van der Waals surface area contributed by atoms with Crippen LogP contribution < -0.4 is 20.3 Å². The maximum absolute atomic E-state index is 15.1. The first kappa shape index (κ1) is 27.1. The van der Waals surface area contributed by atoms with Crippen LogP contribution in [0.4, 0.5) is 27.4 Å². The number of carbonyl (C=O) groups excluding carboxylic acids is 1. The van der Waals surface area contributed by atoms with Gasteiger partial charge < -0.3 is 35.1 Å². The molecule has 4 aromatic rings. The summed E-state index contributed by atoms with van der Waals surface area (Å²) in [5, 5.41) is 6.59. The number of hydrogen-bond donors (Lipinski definition) is 3. The quantitative estimate of drug-likeness (QED) is 0.264. The SMILES string of the molecule is C=CC(=O)Nc1cccc(Oc2nc(Nc3ccc(N4CCN(C)CC4)c(F)c3)nc3[nH]cc(CN(C)C)c23)c1. The lowest BCUT2D eigenvalue weighted by atomic mass is 10.2. The Morgan fingerprint density at radius 3 is 2.67 bits per heavy atom. The third-order valence-corrected chi connectivity index (χ3v) is 6.62. The Labute approximate surface area is 232 Å². The minimum atomic E-state index is -0.321. The van der Waals surface area contributed by atoms with Crippen LogP contribution in [0.25, 0.3) is 11.0 Å². The second kappa shape index (κ2) is 11.7. The highest BCUT2D eigenvalue weighted by atomic mass is 19.1. The minimum absolute atomic E-state index is 0.253. The Hall–Kier alpha value is -4.48. The van der Waals surface area contributed by atoms with Crippen molar-refractivity contribution in [2.75, 3.05) is 62.9 Å². The van der Waals surface area contributed by atoms with Crippen molar-refractivity contribution in [2.45, 2.75) is 6.54 Å². The molecule has 2 aromatic carbocycles. The van der Waals surface area contributed by atoms with Gasteiger partial charge in [-0.1, -0.05) is 12.6 Å². The van der Waals surface area contributed by atoms with E-state index in [9.17, 15) is 4.79 Å². The van der Waals surface area contributed by atoms with Gasteiger partial charge in [0.15, 0.2) is 0 Å². The number of likely N-dealkylation sites (N-methyl/N-ethyl adjacent to an activating group) is 1. The summed E-state index contributed by atoms with van der Waals surface area (Å²) < 4.78 is 21.4. The molecular weight excluding hydrogens is 511 g/mol. The standard InChI is InChI=1S/C29H33FN8O2/c1-5-25(39)32-20-7-6-8-22(15-20)40-28-26-19(18-36(2)3)17-31-27(26)34-29(35-28)33-21-9-10-24(23(30)16-21)38-13-11-37(4)12-14-38/h5-10,15-17H,1,11-14,18H2,2-4H3,(H,32,39)(H2,31,33,34,35). The fraction of sp³-hybridized carbons (Fsp3) is 0.276. The second-order valence-electron chi connectivity index (χ2n) is 10.0. The molecule has 1 fully saturated rings. The number of ether oxygens (including phenoxy) is 1. The van der Waals surface area contributed by atoms with Gasteiger partial charge in [0.25, 0.3) is 0 Å². The zero-order chi connectivity index (χ0) is 28.2. The fourth-order valence-corrected chi connectivity index (χ4v) is 4.62. The largest absolute Gasteiger partial charge is 0.438 e. The molecule has 0 spiro atoms. The molecule has 0 radical (unpaired) electrons. The van der Waals surface area contributed by atoms with E-state index in [-0.39, 0.29) is 17.7 Å². The number of aromatic amines is 1. The highest BCUT2D eigenvalue weighted by molar-refractivity contribution is 5.99. The normalized spacial score (nSPS) is 14.0. The number of halogens is 1. The summed E-state index contributed by atoms with van der Waals surface area (Å²) in [5.74, 6) is 0.430. The third kappa shape index (κ3) is 6.22. The summed E-state index contributed by atoms with van der Waals surface area (Å²) in [4.78, 5) is 30.6. The second-order valence-corrected chi connectivity index (χ2v) is 10.0. The molecule has 40 heavy (non-hydrogen) atoms. The summed E-state index contributed by atoms with van der Waals surface area (Å²) in [6, 6.07) is 12.1. The maximum atomic E-state index is 15.1. The van der Waals surface area contributed by atoms with Crippen LogP contribution in [0.5, 0.6) is 11.6 Å². The molecule has 0 saturated carbocycles. The average Bonchev–Trinajstić information content (AvgIpc) is 3.31. The summed E-state index contributed by atoms with van der Waals surface area (Å²) in [7, 11) is 6.02. The third-order valence-electron chi connectivity index (χ3n) is 6.62. The topological polar surface area (TPSA) is 102 Å². The van der Waals surface area contributed by atoms with Crippen LogP contribution in [-0.2, 0) is 11.3 Å². The lowest BCUT2D eigenvalue weighted by molar-refractivity contribution is -0.111. The molecule has 0 atom stereocenters. The number of nitrogens with zero attached hydrogens (tertiary/aromatic N) is 5. The summed E-state index contributed by atoms with van der Waals surface area (Å²) in [5.41, 5.74) is 3.20. The smallest absolute Gasteiger partial charge is 0.247 e. The van der Waals surface area contributed by atoms with Crippen LogP contribution in [-0.4, -0.2) is 78.0 Å². The summed E-state index contributed by atoms with van der Waals surface area (Å²) in [6.45, 7) is 7.47. The lowest BCUT2D eigenvalue weighted by Crippen LogP contribution is -2.44. The molecule has 0 bridgehead atoms. The van der Waals surface area contributed by atoms with E-state index in [4.69, 9.17) is 4.74 Å². The van der Waals surface area contributed by atoms with Crippen LogP contribution in [0.2, 0.25) is 0 Å². The van der Waals surface area contributed by atoms with Crippen LogP contribution in [0.3, 0.4) is 0 Å². The maximum Gasteiger partial charge on any atom is 0.247 e. The molecule has 3 heterocycles. The number of amides is 1. The van der Waals surface area contributed by atoms with Gasteiger partial charge in [0.1, 0.15) is 17.2 Å². The van der Waals surface area contributed by atoms with Crippen molar-refractivity contribution in [3.63, 3.8) is 0 Å². The van der Waals surface area contributed by atoms with Gasteiger partial charge in [-0.05, 0) is 63.1 Å². The Bertz CT molecular complexity index is 1530. The van der Waals surface area contributed by atoms with E-state index in [2.05, 4.69) is 49.0 Å². The number of piperazine rings is 1. The van der Waals surface area contributed by atoms with Crippen molar-refractivity contribution in [3.05, 3.63) is 72.7 Å². The van der Waals surface area contributed by atoms with Gasteiger partial charge in [0, 0.05) is 56.4 Å². The summed E-state index contributed by atoms with van der Waals surface area (Å²) in [6.07, 6.45) is 3.08. The lowest BCUT2D eigenvalue weighted by Gasteiger charge is -2.34. The predicted molar refractivity (Wildman–Crippen MR) is 156 cm³/mol. The number of H-pyrrole nitrogens is 1. The molecule has 11 heteroatoms. The molecule has 5 rings (SSSR count). The van der Waals surface area contributed by atoms with E-state index in [0.717, 1.165) is 37.1 Å². The van der Waals surface area contributed by atoms with E-state index in [1.807, 2.05) is 31.3 Å².